The minimum absolute atomic E-state index is 0.419. The summed E-state index contributed by atoms with van der Waals surface area (Å²) in [5.41, 5.74) is 1.12. The van der Waals surface area contributed by atoms with Crippen LogP contribution >= 0.6 is 0 Å². The first kappa shape index (κ1) is 12.7. The van der Waals surface area contributed by atoms with Crippen LogP contribution in [0.15, 0.2) is 35.7 Å². The van der Waals surface area contributed by atoms with E-state index < -0.39 is 0 Å². The maximum absolute atomic E-state index is 4.46. The first-order valence-electron chi connectivity index (χ1n) is 6.72. The predicted octanol–water partition coefficient (Wildman–Crippen LogP) is 1.01. The lowest BCUT2D eigenvalue weighted by Crippen LogP contribution is -2.37. The molecule has 0 saturated heterocycles. The van der Waals surface area contributed by atoms with Crippen molar-refractivity contribution in [2.45, 2.75) is 26.4 Å². The average Bonchev–Trinajstić information content (AvgIpc) is 3.06. The number of aliphatic imine (C=N–C) groups is 1. The summed E-state index contributed by atoms with van der Waals surface area (Å²) in [7, 11) is 0. The van der Waals surface area contributed by atoms with Gasteiger partial charge in [-0.1, -0.05) is 6.07 Å². The molecule has 1 atom stereocenters. The molecule has 2 aromatic rings. The van der Waals surface area contributed by atoms with E-state index in [-0.39, 0.29) is 0 Å². The zero-order valence-electron chi connectivity index (χ0n) is 11.7. The van der Waals surface area contributed by atoms with Crippen molar-refractivity contribution in [1.29, 1.82) is 0 Å². The number of guanidine groups is 1. The number of aromatic nitrogens is 3. The molecule has 20 heavy (non-hydrogen) atoms. The van der Waals surface area contributed by atoms with Crippen LogP contribution in [0.1, 0.15) is 18.3 Å². The van der Waals surface area contributed by atoms with Gasteiger partial charge < -0.3 is 10.6 Å². The average molecular weight is 270 g/mol. The fourth-order valence-corrected chi connectivity index (χ4v) is 2.13. The second kappa shape index (κ2) is 5.32. The smallest absolute Gasteiger partial charge is 0.191 e. The lowest BCUT2D eigenvalue weighted by atomic mass is 10.3. The minimum atomic E-state index is 0.419. The Hall–Kier alpha value is -2.37. The van der Waals surface area contributed by atoms with Crippen molar-refractivity contribution in [1.82, 2.24) is 25.2 Å². The molecule has 0 saturated carbocycles. The first-order valence-corrected chi connectivity index (χ1v) is 6.72. The Morgan fingerprint density at radius 3 is 2.90 bits per heavy atom. The molecule has 0 aliphatic carbocycles. The normalized spacial score (nSPS) is 17.7. The molecule has 1 unspecified atom stereocenters. The van der Waals surface area contributed by atoms with Crippen molar-refractivity contribution in [3.05, 3.63) is 42.1 Å². The Labute approximate surface area is 118 Å². The summed E-state index contributed by atoms with van der Waals surface area (Å²) in [4.78, 5) is 13.0. The van der Waals surface area contributed by atoms with E-state index in [0.717, 1.165) is 36.3 Å². The van der Waals surface area contributed by atoms with Gasteiger partial charge in [0.2, 0.25) is 0 Å². The molecule has 0 amide bonds. The van der Waals surface area contributed by atoms with E-state index in [4.69, 9.17) is 0 Å². The molecule has 1 aliphatic heterocycles. The first-order chi connectivity index (χ1) is 9.72. The number of imidazole rings is 1. The van der Waals surface area contributed by atoms with Gasteiger partial charge in [-0.05, 0) is 25.5 Å². The van der Waals surface area contributed by atoms with Gasteiger partial charge >= 0.3 is 0 Å². The number of rotatable bonds is 3. The van der Waals surface area contributed by atoms with Gasteiger partial charge in [0.05, 0.1) is 6.54 Å². The second-order valence-corrected chi connectivity index (χ2v) is 4.96. The quantitative estimate of drug-likeness (QED) is 0.873. The van der Waals surface area contributed by atoms with E-state index in [1.807, 2.05) is 30.0 Å². The van der Waals surface area contributed by atoms with Gasteiger partial charge in [0, 0.05) is 31.2 Å². The number of nitrogens with one attached hydrogen (secondary N) is 2. The molecule has 6 heteroatoms. The molecule has 3 heterocycles. The van der Waals surface area contributed by atoms with Crippen molar-refractivity contribution in [3.63, 3.8) is 0 Å². The zero-order chi connectivity index (χ0) is 13.9. The van der Waals surface area contributed by atoms with Gasteiger partial charge in [0.15, 0.2) is 5.96 Å². The topological polar surface area (TPSA) is 67.1 Å². The van der Waals surface area contributed by atoms with Gasteiger partial charge in [0.25, 0.3) is 0 Å². The van der Waals surface area contributed by atoms with Gasteiger partial charge in [-0.25, -0.2) is 9.97 Å². The standard InChI is InChI=1S/C14H18N6/c1-10-7-17-14(19-10)18-9-12-3-4-13(16-8-12)20-6-5-15-11(20)2/h3-6,8,10H,7,9H2,1-2H3,(H2,17,18,19). The summed E-state index contributed by atoms with van der Waals surface area (Å²) in [6.45, 7) is 5.62. The minimum Gasteiger partial charge on any atom is -0.352 e. The third-order valence-corrected chi connectivity index (χ3v) is 3.25. The van der Waals surface area contributed by atoms with Crippen LogP contribution in [0.4, 0.5) is 0 Å². The van der Waals surface area contributed by atoms with Gasteiger partial charge in [-0.3, -0.25) is 9.56 Å². The molecular formula is C14H18N6. The second-order valence-electron chi connectivity index (χ2n) is 4.96. The van der Waals surface area contributed by atoms with Crippen LogP contribution < -0.4 is 10.6 Å². The summed E-state index contributed by atoms with van der Waals surface area (Å²) < 4.78 is 1.96. The van der Waals surface area contributed by atoms with Crippen LogP contribution in [0.5, 0.6) is 0 Å². The molecule has 0 spiro atoms. The molecule has 2 N–H and O–H groups in total. The summed E-state index contributed by atoms with van der Waals surface area (Å²) in [5, 5.41) is 6.55. The van der Waals surface area contributed by atoms with Crippen LogP contribution in [-0.4, -0.2) is 33.1 Å². The maximum atomic E-state index is 4.46. The fourth-order valence-electron chi connectivity index (χ4n) is 2.13. The van der Waals surface area contributed by atoms with Crippen LogP contribution in [0, 0.1) is 6.92 Å². The molecule has 2 aromatic heterocycles. The number of aryl methyl sites for hydroxylation is 1. The van der Waals surface area contributed by atoms with Gasteiger partial charge in [-0.2, -0.15) is 0 Å². The van der Waals surface area contributed by atoms with Crippen molar-refractivity contribution in [3.8, 4) is 5.82 Å². The van der Waals surface area contributed by atoms with E-state index in [9.17, 15) is 0 Å². The Morgan fingerprint density at radius 1 is 1.40 bits per heavy atom. The van der Waals surface area contributed by atoms with Crippen LogP contribution in [0.2, 0.25) is 0 Å². The fraction of sp³-hybridized carbons (Fsp3) is 0.357. The molecule has 0 bridgehead atoms. The van der Waals surface area contributed by atoms with E-state index in [1.165, 1.54) is 0 Å². The van der Waals surface area contributed by atoms with Crippen molar-refractivity contribution >= 4 is 5.96 Å². The molecule has 0 fully saturated rings. The molecule has 6 nitrogen and oxygen atoms in total. The summed E-state index contributed by atoms with van der Waals surface area (Å²) >= 11 is 0. The lowest BCUT2D eigenvalue weighted by molar-refractivity contribution is 0.713. The van der Waals surface area contributed by atoms with E-state index >= 15 is 0 Å². The number of hydrogen-bond donors (Lipinski definition) is 2. The Kier molecular flexibility index (Phi) is 3.37. The molecule has 0 radical (unpaired) electrons. The van der Waals surface area contributed by atoms with E-state index in [2.05, 4.69) is 38.6 Å². The summed E-state index contributed by atoms with van der Waals surface area (Å²) in [6.07, 6.45) is 5.56. The maximum Gasteiger partial charge on any atom is 0.191 e. The number of pyridine rings is 1. The SMILES string of the molecule is Cc1nccn1-c1ccc(CNC2=NCC(C)N2)cn1. The Morgan fingerprint density at radius 2 is 2.30 bits per heavy atom. The highest BCUT2D eigenvalue weighted by molar-refractivity contribution is 5.81. The lowest BCUT2D eigenvalue weighted by Gasteiger charge is -2.09. The van der Waals surface area contributed by atoms with Gasteiger partial charge in [-0.15, -0.1) is 0 Å². The highest BCUT2D eigenvalue weighted by atomic mass is 15.2. The third kappa shape index (κ3) is 2.64. The van der Waals surface area contributed by atoms with E-state index in [1.54, 1.807) is 6.20 Å². The highest BCUT2D eigenvalue weighted by Gasteiger charge is 2.11. The molecule has 3 rings (SSSR count). The Balaban J connectivity index is 1.63. The summed E-state index contributed by atoms with van der Waals surface area (Å²) in [5.74, 6) is 2.68. The van der Waals surface area contributed by atoms with E-state index in [0.29, 0.717) is 6.04 Å². The van der Waals surface area contributed by atoms with Gasteiger partial charge in [0.1, 0.15) is 11.6 Å². The predicted molar refractivity (Wildman–Crippen MR) is 77.8 cm³/mol. The third-order valence-electron chi connectivity index (χ3n) is 3.25. The summed E-state index contributed by atoms with van der Waals surface area (Å²) in [6, 6.07) is 4.48. The van der Waals surface area contributed by atoms with Crippen molar-refractivity contribution in [2.24, 2.45) is 4.99 Å². The zero-order valence-corrected chi connectivity index (χ0v) is 11.7. The molecule has 1 aliphatic rings. The van der Waals surface area contributed by atoms with Crippen LogP contribution in [0.3, 0.4) is 0 Å². The van der Waals surface area contributed by atoms with Crippen LogP contribution in [0.25, 0.3) is 5.82 Å². The Bertz CT molecular complexity index is 613. The monoisotopic (exact) mass is 270 g/mol. The largest absolute Gasteiger partial charge is 0.352 e. The molecule has 0 aromatic carbocycles. The highest BCUT2D eigenvalue weighted by Crippen LogP contribution is 2.08. The van der Waals surface area contributed by atoms with Crippen molar-refractivity contribution in [2.75, 3.05) is 6.54 Å². The number of hydrogen-bond acceptors (Lipinski definition) is 5. The van der Waals surface area contributed by atoms with Crippen LogP contribution in [-0.2, 0) is 6.54 Å². The van der Waals surface area contributed by atoms with Crippen molar-refractivity contribution < 1.29 is 0 Å². The number of nitrogens with zero attached hydrogens (tertiary/aromatic N) is 4. The molecule has 104 valence electrons. The molecular weight excluding hydrogens is 252 g/mol.